The van der Waals surface area contributed by atoms with E-state index >= 15 is 0 Å². The molecule has 27 heavy (non-hydrogen) atoms. The van der Waals surface area contributed by atoms with Gasteiger partial charge in [0.2, 0.25) is 5.91 Å². The molecule has 0 saturated heterocycles. The van der Waals surface area contributed by atoms with E-state index < -0.39 is 0 Å². The number of anilines is 1. The first-order valence-electron chi connectivity index (χ1n) is 9.08. The fraction of sp³-hybridized carbons (Fsp3) is 0.130. The zero-order chi connectivity index (χ0) is 18.6. The molecule has 0 aliphatic heterocycles. The molecule has 2 aromatic carbocycles. The van der Waals surface area contributed by atoms with Gasteiger partial charge in [0, 0.05) is 18.2 Å². The Hall–Kier alpha value is -3.40. The predicted octanol–water partition coefficient (Wildman–Crippen LogP) is 4.88. The summed E-state index contributed by atoms with van der Waals surface area (Å²) in [5.74, 6) is 0.698. The van der Waals surface area contributed by atoms with E-state index in [1.165, 1.54) is 5.56 Å². The normalized spacial score (nSPS) is 10.9. The van der Waals surface area contributed by atoms with Gasteiger partial charge in [-0.15, -0.1) is 0 Å². The van der Waals surface area contributed by atoms with Crippen molar-refractivity contribution in [3.63, 3.8) is 0 Å². The lowest BCUT2D eigenvalue weighted by Gasteiger charge is -2.08. The maximum absolute atomic E-state index is 12.6. The topological polar surface area (TPSA) is 46.4 Å². The summed E-state index contributed by atoms with van der Waals surface area (Å²) in [6.45, 7) is 2.06. The van der Waals surface area contributed by atoms with Crippen LogP contribution in [0.3, 0.4) is 0 Å². The van der Waals surface area contributed by atoms with Gasteiger partial charge < -0.3 is 5.32 Å². The van der Waals surface area contributed by atoms with Crippen LogP contribution in [-0.4, -0.2) is 15.3 Å². The van der Waals surface area contributed by atoms with Crippen LogP contribution in [-0.2, 0) is 11.2 Å². The molecule has 4 nitrogen and oxygen atoms in total. The van der Waals surface area contributed by atoms with Gasteiger partial charge in [-0.1, -0.05) is 66.2 Å². The highest BCUT2D eigenvalue weighted by molar-refractivity contribution is 5.94. The Bertz CT molecular complexity index is 1070. The number of rotatable bonds is 5. The van der Waals surface area contributed by atoms with Crippen molar-refractivity contribution >= 4 is 17.4 Å². The zero-order valence-electron chi connectivity index (χ0n) is 15.2. The molecule has 0 unspecified atom stereocenters. The van der Waals surface area contributed by atoms with Gasteiger partial charge in [-0.2, -0.15) is 0 Å². The Balaban J connectivity index is 1.59. The first-order chi connectivity index (χ1) is 13.2. The molecule has 0 bridgehead atoms. The minimum atomic E-state index is -0.0154. The Morgan fingerprint density at radius 3 is 2.48 bits per heavy atom. The molecule has 0 aliphatic rings. The van der Waals surface area contributed by atoms with Crippen LogP contribution in [0.25, 0.3) is 16.9 Å². The maximum atomic E-state index is 12.6. The molecular formula is C23H21N3O. The maximum Gasteiger partial charge on any atom is 0.225 e. The van der Waals surface area contributed by atoms with E-state index in [1.807, 2.05) is 59.1 Å². The lowest BCUT2D eigenvalue weighted by Crippen LogP contribution is -2.14. The monoisotopic (exact) mass is 355 g/mol. The van der Waals surface area contributed by atoms with Crippen LogP contribution >= 0.6 is 0 Å². The van der Waals surface area contributed by atoms with Gasteiger partial charge in [0.25, 0.3) is 0 Å². The number of hydrogen-bond acceptors (Lipinski definition) is 2. The number of nitrogens with one attached hydrogen (secondary N) is 1. The molecule has 2 aromatic heterocycles. The number of carbonyl (C=O) groups is 1. The number of carbonyl (C=O) groups excluding carboxylic acids is 1. The SMILES string of the molecule is Cc1ccc(CCC(=O)Nc2c(-c3ccccc3)nc3ccccn23)cc1. The Morgan fingerprint density at radius 2 is 1.70 bits per heavy atom. The van der Waals surface area contributed by atoms with Crippen LogP contribution in [0.15, 0.2) is 79.0 Å². The summed E-state index contributed by atoms with van der Waals surface area (Å²) < 4.78 is 1.92. The van der Waals surface area contributed by atoms with E-state index in [4.69, 9.17) is 4.98 Å². The number of aromatic nitrogens is 2. The molecule has 1 amide bonds. The van der Waals surface area contributed by atoms with Crippen molar-refractivity contribution in [3.05, 3.63) is 90.1 Å². The minimum Gasteiger partial charge on any atom is -0.310 e. The van der Waals surface area contributed by atoms with E-state index in [0.717, 1.165) is 22.5 Å². The molecule has 4 rings (SSSR count). The quantitative estimate of drug-likeness (QED) is 0.554. The van der Waals surface area contributed by atoms with Crippen molar-refractivity contribution in [1.29, 1.82) is 0 Å². The second-order valence-corrected chi connectivity index (χ2v) is 6.64. The van der Waals surface area contributed by atoms with Crippen LogP contribution in [0.2, 0.25) is 0 Å². The number of fused-ring (bicyclic) bond motifs is 1. The van der Waals surface area contributed by atoms with E-state index in [-0.39, 0.29) is 5.91 Å². The first-order valence-corrected chi connectivity index (χ1v) is 9.08. The Kier molecular flexibility index (Phi) is 4.71. The molecule has 0 radical (unpaired) electrons. The van der Waals surface area contributed by atoms with E-state index in [2.05, 4.69) is 36.5 Å². The number of hydrogen-bond donors (Lipinski definition) is 1. The van der Waals surface area contributed by atoms with Crippen LogP contribution in [0.4, 0.5) is 5.82 Å². The smallest absolute Gasteiger partial charge is 0.225 e. The minimum absolute atomic E-state index is 0.0154. The van der Waals surface area contributed by atoms with Gasteiger partial charge in [-0.3, -0.25) is 9.20 Å². The van der Waals surface area contributed by atoms with Gasteiger partial charge in [-0.05, 0) is 31.0 Å². The molecule has 0 saturated carbocycles. The van der Waals surface area contributed by atoms with Crippen molar-refractivity contribution in [1.82, 2.24) is 9.38 Å². The lowest BCUT2D eigenvalue weighted by atomic mass is 10.1. The molecule has 4 aromatic rings. The van der Waals surface area contributed by atoms with Crippen molar-refractivity contribution in [2.45, 2.75) is 19.8 Å². The van der Waals surface area contributed by atoms with E-state index in [9.17, 15) is 4.79 Å². The average Bonchev–Trinajstić information content (AvgIpc) is 3.07. The number of amides is 1. The number of imidazole rings is 1. The Labute approximate surface area is 158 Å². The number of nitrogens with zero attached hydrogens (tertiary/aromatic N) is 2. The van der Waals surface area contributed by atoms with Crippen molar-refractivity contribution < 1.29 is 4.79 Å². The molecular weight excluding hydrogens is 334 g/mol. The van der Waals surface area contributed by atoms with Crippen LogP contribution in [0.5, 0.6) is 0 Å². The molecule has 2 heterocycles. The second-order valence-electron chi connectivity index (χ2n) is 6.64. The highest BCUT2D eigenvalue weighted by Crippen LogP contribution is 2.28. The van der Waals surface area contributed by atoms with Crippen molar-refractivity contribution in [2.75, 3.05) is 5.32 Å². The number of pyridine rings is 1. The third-order valence-electron chi connectivity index (χ3n) is 4.60. The highest BCUT2D eigenvalue weighted by atomic mass is 16.1. The molecule has 4 heteroatoms. The lowest BCUT2D eigenvalue weighted by molar-refractivity contribution is -0.116. The highest BCUT2D eigenvalue weighted by Gasteiger charge is 2.16. The molecule has 0 atom stereocenters. The van der Waals surface area contributed by atoms with E-state index in [1.54, 1.807) is 0 Å². The van der Waals surface area contributed by atoms with Gasteiger partial charge >= 0.3 is 0 Å². The van der Waals surface area contributed by atoms with Gasteiger partial charge in [0.05, 0.1) is 0 Å². The summed E-state index contributed by atoms with van der Waals surface area (Å²) in [5, 5.41) is 3.08. The molecule has 0 fully saturated rings. The Morgan fingerprint density at radius 1 is 0.963 bits per heavy atom. The average molecular weight is 355 g/mol. The van der Waals surface area contributed by atoms with Gasteiger partial charge in [0.15, 0.2) is 0 Å². The van der Waals surface area contributed by atoms with Crippen LogP contribution in [0, 0.1) is 6.92 Å². The van der Waals surface area contributed by atoms with Gasteiger partial charge in [-0.25, -0.2) is 4.98 Å². The zero-order valence-corrected chi connectivity index (χ0v) is 15.2. The molecule has 134 valence electrons. The first kappa shape index (κ1) is 17.0. The third kappa shape index (κ3) is 3.75. The van der Waals surface area contributed by atoms with Gasteiger partial charge in [0.1, 0.15) is 17.2 Å². The summed E-state index contributed by atoms with van der Waals surface area (Å²) >= 11 is 0. The fourth-order valence-electron chi connectivity index (χ4n) is 3.12. The molecule has 0 spiro atoms. The van der Waals surface area contributed by atoms with Crippen molar-refractivity contribution in [2.24, 2.45) is 0 Å². The number of benzene rings is 2. The van der Waals surface area contributed by atoms with E-state index in [0.29, 0.717) is 18.7 Å². The standard InChI is InChI=1S/C23H21N3O/c1-17-10-12-18(13-11-17)14-15-21(27)25-23-22(19-7-3-2-4-8-19)24-20-9-5-6-16-26(20)23/h2-13,16H,14-15H2,1H3,(H,25,27). The molecule has 0 aliphatic carbocycles. The number of aryl methyl sites for hydroxylation is 2. The summed E-state index contributed by atoms with van der Waals surface area (Å²) in [5.41, 5.74) is 4.96. The summed E-state index contributed by atoms with van der Waals surface area (Å²) in [7, 11) is 0. The summed E-state index contributed by atoms with van der Waals surface area (Å²) in [4.78, 5) is 17.3. The van der Waals surface area contributed by atoms with Crippen LogP contribution < -0.4 is 5.32 Å². The summed E-state index contributed by atoms with van der Waals surface area (Å²) in [6, 6.07) is 24.0. The third-order valence-corrected chi connectivity index (χ3v) is 4.60. The predicted molar refractivity (Wildman–Crippen MR) is 109 cm³/mol. The molecule has 1 N–H and O–H groups in total. The van der Waals surface area contributed by atoms with Crippen molar-refractivity contribution in [3.8, 4) is 11.3 Å². The van der Waals surface area contributed by atoms with Crippen LogP contribution in [0.1, 0.15) is 17.5 Å². The summed E-state index contributed by atoms with van der Waals surface area (Å²) in [6.07, 6.45) is 3.06. The fourth-order valence-corrected chi connectivity index (χ4v) is 3.12. The largest absolute Gasteiger partial charge is 0.310 e. The second kappa shape index (κ2) is 7.46.